The number of hydrogen-bond donors (Lipinski definition) is 0. The molecule has 0 aliphatic carbocycles. The molecule has 0 aliphatic rings. The summed E-state index contributed by atoms with van der Waals surface area (Å²) < 4.78 is 27.7. The molecule has 1 aromatic heterocycles. The minimum absolute atomic E-state index is 0.407. The molecule has 7 heteroatoms. The first-order chi connectivity index (χ1) is 6.47. The second-order valence-corrected chi connectivity index (χ2v) is 6.22. The van der Waals surface area contributed by atoms with E-state index in [9.17, 15) is 8.42 Å². The standard InChI is InChI=1S/C7H3ClINO3S/c8-14(11,12)7-10-5-3-4(9)1-2-6(5)13-7/h1-3H. The van der Waals surface area contributed by atoms with Gasteiger partial charge in [0.05, 0.1) is 0 Å². The predicted octanol–water partition coefficient (Wildman–Crippen LogP) is 2.36. The van der Waals surface area contributed by atoms with Gasteiger partial charge in [-0.1, -0.05) is 0 Å². The van der Waals surface area contributed by atoms with E-state index in [1.807, 2.05) is 0 Å². The highest BCUT2D eigenvalue weighted by molar-refractivity contribution is 14.1. The van der Waals surface area contributed by atoms with Crippen LogP contribution >= 0.6 is 33.3 Å². The molecule has 2 aromatic rings. The summed E-state index contributed by atoms with van der Waals surface area (Å²) in [5.74, 6) is 0. The highest BCUT2D eigenvalue weighted by atomic mass is 127. The van der Waals surface area contributed by atoms with Crippen LogP contribution in [0.25, 0.3) is 11.1 Å². The van der Waals surface area contributed by atoms with E-state index in [0.29, 0.717) is 11.1 Å². The van der Waals surface area contributed by atoms with Crippen molar-refractivity contribution in [2.45, 2.75) is 5.22 Å². The third-order valence-corrected chi connectivity index (χ3v) is 3.20. The fourth-order valence-corrected chi connectivity index (χ4v) is 2.05. The Morgan fingerprint density at radius 2 is 2.14 bits per heavy atom. The van der Waals surface area contributed by atoms with Gasteiger partial charge in [0.15, 0.2) is 5.58 Å². The van der Waals surface area contributed by atoms with E-state index in [2.05, 4.69) is 27.6 Å². The van der Waals surface area contributed by atoms with Crippen molar-refractivity contribution in [1.82, 2.24) is 4.98 Å². The molecule has 0 saturated carbocycles. The van der Waals surface area contributed by atoms with Crippen molar-refractivity contribution in [1.29, 1.82) is 0 Å². The molecule has 0 bridgehead atoms. The van der Waals surface area contributed by atoms with Crippen molar-refractivity contribution in [3.05, 3.63) is 21.8 Å². The molecule has 0 aliphatic heterocycles. The maximum atomic E-state index is 10.9. The Hall–Kier alpha value is -0.340. The third-order valence-electron chi connectivity index (χ3n) is 1.54. The van der Waals surface area contributed by atoms with Gasteiger partial charge >= 0.3 is 14.3 Å². The van der Waals surface area contributed by atoms with Gasteiger partial charge in [-0.3, -0.25) is 0 Å². The molecule has 14 heavy (non-hydrogen) atoms. The second kappa shape index (κ2) is 3.35. The summed E-state index contributed by atoms with van der Waals surface area (Å²) in [6.07, 6.45) is 0. The Morgan fingerprint density at radius 3 is 2.79 bits per heavy atom. The molecule has 0 atom stereocenters. The largest absolute Gasteiger partial charge is 0.427 e. The molecule has 0 saturated heterocycles. The van der Waals surface area contributed by atoms with E-state index in [4.69, 9.17) is 15.1 Å². The van der Waals surface area contributed by atoms with Gasteiger partial charge in [0.25, 0.3) is 0 Å². The lowest BCUT2D eigenvalue weighted by atomic mass is 10.3. The van der Waals surface area contributed by atoms with E-state index in [1.54, 1.807) is 18.2 Å². The molecular formula is C7H3ClINO3S. The molecule has 2 rings (SSSR count). The molecule has 0 amide bonds. The average molecular weight is 344 g/mol. The van der Waals surface area contributed by atoms with Crippen LogP contribution in [0.1, 0.15) is 0 Å². The van der Waals surface area contributed by atoms with Gasteiger partial charge in [-0.2, -0.15) is 4.98 Å². The van der Waals surface area contributed by atoms with Crippen LogP contribution in [0.4, 0.5) is 0 Å². The zero-order valence-electron chi connectivity index (χ0n) is 6.57. The van der Waals surface area contributed by atoms with Crippen LogP contribution in [0.3, 0.4) is 0 Å². The predicted molar refractivity (Wildman–Crippen MR) is 59.8 cm³/mol. The van der Waals surface area contributed by atoms with Crippen molar-refractivity contribution in [3.8, 4) is 0 Å². The minimum Gasteiger partial charge on any atom is -0.427 e. The number of halogens is 2. The summed E-state index contributed by atoms with van der Waals surface area (Å²) in [4.78, 5) is 3.75. The van der Waals surface area contributed by atoms with Gasteiger partial charge in [0, 0.05) is 14.3 Å². The van der Waals surface area contributed by atoms with Crippen molar-refractivity contribution in [2.24, 2.45) is 0 Å². The minimum atomic E-state index is -3.89. The number of hydrogen-bond acceptors (Lipinski definition) is 4. The van der Waals surface area contributed by atoms with Crippen molar-refractivity contribution < 1.29 is 12.8 Å². The highest BCUT2D eigenvalue weighted by Gasteiger charge is 2.18. The van der Waals surface area contributed by atoms with Gasteiger partial charge in [0.2, 0.25) is 0 Å². The van der Waals surface area contributed by atoms with Crippen LogP contribution in [0, 0.1) is 3.57 Å². The first-order valence-electron chi connectivity index (χ1n) is 3.47. The topological polar surface area (TPSA) is 60.2 Å². The Labute approximate surface area is 97.8 Å². The Bertz CT molecular complexity index is 592. The average Bonchev–Trinajstić information content (AvgIpc) is 2.45. The zero-order chi connectivity index (χ0) is 10.3. The molecule has 0 spiro atoms. The quantitative estimate of drug-likeness (QED) is 0.589. The smallest absolute Gasteiger partial charge is 0.332 e. The van der Waals surface area contributed by atoms with Crippen molar-refractivity contribution >= 4 is 53.4 Å². The monoisotopic (exact) mass is 343 g/mol. The van der Waals surface area contributed by atoms with Crippen molar-refractivity contribution in [2.75, 3.05) is 0 Å². The van der Waals surface area contributed by atoms with Crippen LogP contribution in [-0.4, -0.2) is 13.4 Å². The maximum Gasteiger partial charge on any atom is 0.332 e. The molecule has 0 radical (unpaired) electrons. The lowest BCUT2D eigenvalue weighted by Crippen LogP contribution is -1.88. The molecule has 1 aromatic carbocycles. The summed E-state index contributed by atoms with van der Waals surface area (Å²) >= 11 is 2.09. The number of benzene rings is 1. The Balaban J connectivity index is 2.75. The first-order valence-corrected chi connectivity index (χ1v) is 6.86. The van der Waals surface area contributed by atoms with Crippen molar-refractivity contribution in [3.63, 3.8) is 0 Å². The van der Waals surface area contributed by atoms with Gasteiger partial charge in [-0.25, -0.2) is 8.42 Å². The number of nitrogens with zero attached hydrogens (tertiary/aromatic N) is 1. The van der Waals surface area contributed by atoms with Gasteiger partial charge < -0.3 is 4.42 Å². The Morgan fingerprint density at radius 1 is 1.43 bits per heavy atom. The third kappa shape index (κ3) is 1.86. The zero-order valence-corrected chi connectivity index (χ0v) is 10.3. The van der Waals surface area contributed by atoms with E-state index < -0.39 is 14.3 Å². The summed E-state index contributed by atoms with van der Waals surface area (Å²) in [5.41, 5.74) is 0.890. The molecular weight excluding hydrogens is 341 g/mol. The van der Waals surface area contributed by atoms with E-state index in [1.165, 1.54) is 0 Å². The highest BCUT2D eigenvalue weighted by Crippen LogP contribution is 2.22. The molecule has 4 nitrogen and oxygen atoms in total. The second-order valence-electron chi connectivity index (χ2n) is 2.53. The Kier molecular flexibility index (Phi) is 2.44. The van der Waals surface area contributed by atoms with Crippen LogP contribution in [0.15, 0.2) is 27.8 Å². The first kappa shape index (κ1) is 10.2. The van der Waals surface area contributed by atoms with Crippen LogP contribution in [0.5, 0.6) is 0 Å². The van der Waals surface area contributed by atoms with Crippen LogP contribution in [0.2, 0.25) is 0 Å². The number of oxazole rings is 1. The van der Waals surface area contributed by atoms with E-state index in [-0.39, 0.29) is 0 Å². The van der Waals surface area contributed by atoms with Gasteiger partial charge in [0.1, 0.15) is 5.52 Å². The van der Waals surface area contributed by atoms with Crippen LogP contribution in [-0.2, 0) is 9.05 Å². The molecule has 0 unspecified atom stereocenters. The van der Waals surface area contributed by atoms with Gasteiger partial charge in [-0.15, -0.1) is 0 Å². The molecule has 1 heterocycles. The lowest BCUT2D eigenvalue weighted by molar-refractivity contribution is 0.464. The normalized spacial score (nSPS) is 12.1. The molecule has 74 valence electrons. The van der Waals surface area contributed by atoms with E-state index in [0.717, 1.165) is 3.57 Å². The maximum absolute atomic E-state index is 10.9. The number of fused-ring (bicyclic) bond motifs is 1. The molecule has 0 N–H and O–H groups in total. The SMILES string of the molecule is O=S(=O)(Cl)c1nc2cc(I)ccc2o1. The fourth-order valence-electron chi connectivity index (χ4n) is 0.984. The summed E-state index contributed by atoms with van der Waals surface area (Å²) in [7, 11) is 1.20. The van der Waals surface area contributed by atoms with Gasteiger partial charge in [-0.05, 0) is 40.8 Å². The summed E-state index contributed by atoms with van der Waals surface area (Å²) in [6, 6.07) is 5.15. The van der Waals surface area contributed by atoms with E-state index >= 15 is 0 Å². The summed E-state index contributed by atoms with van der Waals surface area (Å²) in [6.45, 7) is 0. The van der Waals surface area contributed by atoms with Crippen LogP contribution < -0.4 is 0 Å². The lowest BCUT2D eigenvalue weighted by Gasteiger charge is -1.86. The number of aromatic nitrogens is 1. The number of rotatable bonds is 1. The summed E-state index contributed by atoms with van der Waals surface area (Å²) in [5, 5.41) is -0.462. The molecule has 0 fully saturated rings. The fraction of sp³-hybridized carbons (Fsp3) is 0.